The van der Waals surface area contributed by atoms with Gasteiger partial charge in [0.1, 0.15) is 0 Å². The number of piperidine rings is 1. The third kappa shape index (κ3) is 3.30. The van der Waals surface area contributed by atoms with Crippen LogP contribution in [0.2, 0.25) is 5.02 Å². The molecule has 2 rings (SSSR count). The maximum atomic E-state index is 12.6. The van der Waals surface area contributed by atoms with E-state index in [1.165, 1.54) is 0 Å². The van der Waals surface area contributed by atoms with Gasteiger partial charge in [0.25, 0.3) is 5.91 Å². The largest absolute Gasteiger partial charge is 0.336 e. The predicted molar refractivity (Wildman–Crippen MR) is 81.4 cm³/mol. The van der Waals surface area contributed by atoms with Crippen molar-refractivity contribution in [1.29, 1.82) is 0 Å². The molecule has 1 heterocycles. The second-order valence-electron chi connectivity index (χ2n) is 5.11. The van der Waals surface area contributed by atoms with Crippen LogP contribution < -0.4 is 5.73 Å². The van der Waals surface area contributed by atoms with E-state index in [9.17, 15) is 4.79 Å². The SMILES string of the molecule is CC1CCC(CN)CN1C(=O)c1ccc(Br)cc1Cl. The Morgan fingerprint density at radius 1 is 1.53 bits per heavy atom. The molecular formula is C14H18BrClN2O. The number of hydrogen-bond acceptors (Lipinski definition) is 2. The number of rotatable bonds is 2. The van der Waals surface area contributed by atoms with Gasteiger partial charge in [-0.15, -0.1) is 0 Å². The highest BCUT2D eigenvalue weighted by Crippen LogP contribution is 2.27. The van der Waals surface area contributed by atoms with Gasteiger partial charge in [0.15, 0.2) is 0 Å². The minimum absolute atomic E-state index is 0.00292. The molecule has 19 heavy (non-hydrogen) atoms. The van der Waals surface area contributed by atoms with Crippen LogP contribution in [-0.2, 0) is 0 Å². The molecule has 0 radical (unpaired) electrons. The Labute approximate surface area is 127 Å². The zero-order valence-corrected chi connectivity index (χ0v) is 13.2. The summed E-state index contributed by atoms with van der Waals surface area (Å²) in [6.07, 6.45) is 2.09. The first kappa shape index (κ1) is 14.8. The first-order valence-electron chi connectivity index (χ1n) is 6.49. The molecule has 1 aliphatic heterocycles. The Morgan fingerprint density at radius 2 is 2.26 bits per heavy atom. The Kier molecular flexibility index (Phi) is 4.87. The molecule has 3 nitrogen and oxygen atoms in total. The number of nitrogens with zero attached hydrogens (tertiary/aromatic N) is 1. The van der Waals surface area contributed by atoms with Crippen LogP contribution in [-0.4, -0.2) is 29.9 Å². The lowest BCUT2D eigenvalue weighted by Crippen LogP contribution is -2.47. The molecule has 2 unspecified atom stereocenters. The van der Waals surface area contributed by atoms with Gasteiger partial charge in [-0.25, -0.2) is 0 Å². The van der Waals surface area contributed by atoms with Gasteiger partial charge in [-0.1, -0.05) is 27.5 Å². The van der Waals surface area contributed by atoms with Crippen molar-refractivity contribution in [2.45, 2.75) is 25.8 Å². The number of benzene rings is 1. The highest BCUT2D eigenvalue weighted by Gasteiger charge is 2.29. The second kappa shape index (κ2) is 6.25. The summed E-state index contributed by atoms with van der Waals surface area (Å²) >= 11 is 9.51. The van der Waals surface area contributed by atoms with Crippen molar-refractivity contribution >= 4 is 33.4 Å². The number of carbonyl (C=O) groups excluding carboxylic acids is 1. The third-order valence-corrected chi connectivity index (χ3v) is 4.54. The Morgan fingerprint density at radius 3 is 2.89 bits per heavy atom. The molecule has 104 valence electrons. The lowest BCUT2D eigenvalue weighted by Gasteiger charge is -2.37. The van der Waals surface area contributed by atoms with Crippen LogP contribution in [0.3, 0.4) is 0 Å². The molecule has 0 aromatic heterocycles. The minimum Gasteiger partial charge on any atom is -0.336 e. The molecule has 5 heteroatoms. The maximum Gasteiger partial charge on any atom is 0.255 e. The normalized spacial score (nSPS) is 23.5. The number of hydrogen-bond donors (Lipinski definition) is 1. The fraction of sp³-hybridized carbons (Fsp3) is 0.500. The van der Waals surface area contributed by atoms with Crippen molar-refractivity contribution in [2.24, 2.45) is 11.7 Å². The Hall–Kier alpha value is -0.580. The van der Waals surface area contributed by atoms with Gasteiger partial charge in [0.2, 0.25) is 0 Å². The van der Waals surface area contributed by atoms with Crippen molar-refractivity contribution in [2.75, 3.05) is 13.1 Å². The molecule has 1 aliphatic rings. The number of halogens is 2. The van der Waals surface area contributed by atoms with Crippen molar-refractivity contribution < 1.29 is 4.79 Å². The van der Waals surface area contributed by atoms with Crippen LogP contribution in [0.15, 0.2) is 22.7 Å². The second-order valence-corrected chi connectivity index (χ2v) is 6.43. The Bertz CT molecular complexity index is 481. The average Bonchev–Trinajstić information content (AvgIpc) is 2.38. The zero-order chi connectivity index (χ0) is 14.0. The van der Waals surface area contributed by atoms with Crippen LogP contribution in [0.25, 0.3) is 0 Å². The molecule has 0 spiro atoms. The summed E-state index contributed by atoms with van der Waals surface area (Å²) in [6.45, 7) is 3.44. The van der Waals surface area contributed by atoms with Crippen LogP contribution in [0.5, 0.6) is 0 Å². The highest BCUT2D eigenvalue weighted by atomic mass is 79.9. The zero-order valence-electron chi connectivity index (χ0n) is 10.9. The van der Waals surface area contributed by atoms with E-state index in [1.807, 2.05) is 11.0 Å². The molecule has 1 amide bonds. The summed E-state index contributed by atoms with van der Waals surface area (Å²) in [4.78, 5) is 14.5. The van der Waals surface area contributed by atoms with E-state index in [0.717, 1.165) is 23.9 Å². The minimum atomic E-state index is 0.00292. The van der Waals surface area contributed by atoms with Crippen LogP contribution in [0.4, 0.5) is 0 Å². The van der Waals surface area contributed by atoms with Gasteiger partial charge in [-0.3, -0.25) is 4.79 Å². The molecule has 1 aromatic rings. The summed E-state index contributed by atoms with van der Waals surface area (Å²) in [5, 5.41) is 0.487. The van der Waals surface area contributed by atoms with Gasteiger partial charge in [0.05, 0.1) is 10.6 Å². The molecule has 1 aromatic carbocycles. The van der Waals surface area contributed by atoms with Crippen molar-refractivity contribution in [3.05, 3.63) is 33.3 Å². The summed E-state index contributed by atoms with van der Waals surface area (Å²) in [6, 6.07) is 5.61. The number of amides is 1. The monoisotopic (exact) mass is 344 g/mol. The molecule has 2 atom stereocenters. The fourth-order valence-electron chi connectivity index (χ4n) is 2.48. The summed E-state index contributed by atoms with van der Waals surface area (Å²) in [5.41, 5.74) is 6.29. The van der Waals surface area contributed by atoms with Crippen LogP contribution >= 0.6 is 27.5 Å². The standard InChI is InChI=1S/C14H18BrClN2O/c1-9-2-3-10(7-17)8-18(9)14(19)12-5-4-11(15)6-13(12)16/h4-6,9-10H,2-3,7-8,17H2,1H3. The van der Waals surface area contributed by atoms with Gasteiger partial charge in [-0.2, -0.15) is 0 Å². The molecule has 0 bridgehead atoms. The number of likely N-dealkylation sites (tertiary alicyclic amines) is 1. The molecule has 1 saturated heterocycles. The quantitative estimate of drug-likeness (QED) is 0.894. The van der Waals surface area contributed by atoms with E-state index in [4.69, 9.17) is 17.3 Å². The summed E-state index contributed by atoms with van der Waals surface area (Å²) in [7, 11) is 0. The highest BCUT2D eigenvalue weighted by molar-refractivity contribution is 9.10. The third-order valence-electron chi connectivity index (χ3n) is 3.74. The van der Waals surface area contributed by atoms with Gasteiger partial charge in [0, 0.05) is 17.1 Å². The first-order valence-corrected chi connectivity index (χ1v) is 7.66. The molecule has 1 fully saturated rings. The first-order chi connectivity index (χ1) is 9.02. The topological polar surface area (TPSA) is 46.3 Å². The van der Waals surface area contributed by atoms with Gasteiger partial charge in [-0.05, 0) is 50.4 Å². The van der Waals surface area contributed by atoms with E-state index in [2.05, 4.69) is 22.9 Å². The van der Waals surface area contributed by atoms with Crippen LogP contribution in [0.1, 0.15) is 30.1 Å². The average molecular weight is 346 g/mol. The lowest BCUT2D eigenvalue weighted by atomic mass is 9.93. The fourth-order valence-corrected chi connectivity index (χ4v) is 3.23. The van der Waals surface area contributed by atoms with Gasteiger partial charge >= 0.3 is 0 Å². The van der Waals surface area contributed by atoms with Crippen LogP contribution in [0, 0.1) is 5.92 Å². The lowest BCUT2D eigenvalue weighted by molar-refractivity contribution is 0.0567. The molecule has 0 aliphatic carbocycles. The van der Waals surface area contributed by atoms with Gasteiger partial charge < -0.3 is 10.6 Å². The van der Waals surface area contributed by atoms with E-state index in [0.29, 0.717) is 23.0 Å². The van der Waals surface area contributed by atoms with E-state index < -0.39 is 0 Å². The smallest absolute Gasteiger partial charge is 0.255 e. The summed E-state index contributed by atoms with van der Waals surface area (Å²) in [5.74, 6) is 0.400. The molecular weight excluding hydrogens is 328 g/mol. The van der Waals surface area contributed by atoms with E-state index in [-0.39, 0.29) is 11.9 Å². The number of carbonyl (C=O) groups is 1. The Balaban J connectivity index is 2.22. The predicted octanol–water partition coefficient (Wildman–Crippen LogP) is 3.30. The van der Waals surface area contributed by atoms with Crippen molar-refractivity contribution in [3.8, 4) is 0 Å². The molecule has 2 N–H and O–H groups in total. The van der Waals surface area contributed by atoms with E-state index >= 15 is 0 Å². The molecule has 0 saturated carbocycles. The summed E-state index contributed by atoms with van der Waals surface area (Å²) < 4.78 is 0.876. The van der Waals surface area contributed by atoms with Crippen molar-refractivity contribution in [1.82, 2.24) is 4.90 Å². The number of nitrogens with two attached hydrogens (primary N) is 1. The van der Waals surface area contributed by atoms with Crippen molar-refractivity contribution in [3.63, 3.8) is 0 Å². The maximum absolute atomic E-state index is 12.6. The van der Waals surface area contributed by atoms with E-state index in [1.54, 1.807) is 12.1 Å².